The van der Waals surface area contributed by atoms with E-state index in [2.05, 4.69) is 0 Å². The van der Waals surface area contributed by atoms with E-state index >= 15 is 0 Å². The molecule has 1 saturated carbocycles. The van der Waals surface area contributed by atoms with Crippen LogP contribution in [0.25, 0.3) is 0 Å². The van der Waals surface area contributed by atoms with E-state index in [1.54, 1.807) is 37.3 Å². The lowest BCUT2D eigenvalue weighted by molar-refractivity contribution is -0.555. The van der Waals surface area contributed by atoms with Crippen molar-refractivity contribution in [2.45, 2.75) is 43.7 Å². The monoisotopic (exact) mass is 427 g/mol. The maximum Gasteiger partial charge on any atom is 0.318 e. The number of hydrogen-bond donors (Lipinski definition) is 2. The van der Waals surface area contributed by atoms with Crippen molar-refractivity contribution < 1.29 is 29.5 Å². The lowest BCUT2D eigenvalue weighted by atomic mass is 9.57. The zero-order valence-electron chi connectivity index (χ0n) is 17.6. The summed E-state index contributed by atoms with van der Waals surface area (Å²) in [6, 6.07) is 12.4. The molecular weight excluding hydrogens is 402 g/mol. The minimum atomic E-state index is -2.21. The Hall–Kier alpha value is -3.26. The third-order valence-corrected chi connectivity index (χ3v) is 6.83. The summed E-state index contributed by atoms with van der Waals surface area (Å²) in [5.41, 5.74) is -5.69. The van der Waals surface area contributed by atoms with Gasteiger partial charge in [0.05, 0.1) is 12.5 Å². The van der Waals surface area contributed by atoms with E-state index in [1.165, 1.54) is 31.4 Å². The lowest BCUT2D eigenvalue weighted by Crippen LogP contribution is -2.58. The third kappa shape index (κ3) is 2.93. The predicted octanol–water partition coefficient (Wildman–Crippen LogP) is 2.94. The van der Waals surface area contributed by atoms with Gasteiger partial charge in [0.15, 0.2) is 5.60 Å². The van der Waals surface area contributed by atoms with Crippen LogP contribution in [0.4, 0.5) is 0 Å². The van der Waals surface area contributed by atoms with Crippen molar-refractivity contribution in [2.24, 2.45) is 5.41 Å². The summed E-state index contributed by atoms with van der Waals surface area (Å²) in [4.78, 5) is 37.6. The van der Waals surface area contributed by atoms with Crippen LogP contribution in [0.2, 0.25) is 0 Å². The topological polar surface area (TPSA) is 127 Å². The lowest BCUT2D eigenvalue weighted by Gasteiger charge is -2.41. The molecule has 164 valence electrons. The molecule has 3 rings (SSSR count). The van der Waals surface area contributed by atoms with Crippen LogP contribution in [-0.4, -0.2) is 40.0 Å². The molecule has 0 radical (unpaired) electrons. The van der Waals surface area contributed by atoms with Crippen LogP contribution in [0.1, 0.15) is 37.8 Å². The number of hydrogen-bond acceptors (Lipinski definition) is 6. The highest BCUT2D eigenvalue weighted by molar-refractivity contribution is 6.05. The Kier molecular flexibility index (Phi) is 5.62. The number of carboxylic acids is 1. The molecule has 8 heteroatoms. The summed E-state index contributed by atoms with van der Waals surface area (Å²) in [5, 5.41) is 34.6. The molecule has 0 bridgehead atoms. The highest BCUT2D eigenvalue weighted by Crippen LogP contribution is 2.64. The Balaban J connectivity index is 2.45. The summed E-state index contributed by atoms with van der Waals surface area (Å²) in [7, 11) is 1.46. The molecule has 0 aliphatic heterocycles. The van der Waals surface area contributed by atoms with Gasteiger partial charge in [0.25, 0.3) is 6.04 Å². The van der Waals surface area contributed by atoms with Crippen LogP contribution in [0.5, 0.6) is 5.75 Å². The van der Waals surface area contributed by atoms with Crippen molar-refractivity contribution >= 4 is 11.8 Å². The van der Waals surface area contributed by atoms with E-state index in [-0.39, 0.29) is 12.0 Å². The summed E-state index contributed by atoms with van der Waals surface area (Å²) < 4.78 is 5.16. The minimum absolute atomic E-state index is 0.0496. The van der Waals surface area contributed by atoms with Crippen LogP contribution < -0.4 is 4.74 Å². The van der Waals surface area contributed by atoms with E-state index in [9.17, 15) is 29.9 Å². The number of ether oxygens (including phenoxy) is 1. The molecule has 0 unspecified atom stereocenters. The number of nitro groups is 1. The normalized spacial score (nSPS) is 30.0. The molecule has 1 fully saturated rings. The van der Waals surface area contributed by atoms with Crippen LogP contribution in [0.15, 0.2) is 54.6 Å². The first-order valence-corrected chi connectivity index (χ1v) is 9.92. The van der Waals surface area contributed by atoms with E-state index in [4.69, 9.17) is 4.74 Å². The first-order valence-electron chi connectivity index (χ1n) is 9.92. The van der Waals surface area contributed by atoms with Gasteiger partial charge in [-0.25, -0.2) is 0 Å². The number of aliphatic carboxylic acids is 1. The summed E-state index contributed by atoms with van der Waals surface area (Å²) in [5.74, 6) is -1.75. The van der Waals surface area contributed by atoms with Crippen LogP contribution in [0.3, 0.4) is 0 Å². The van der Waals surface area contributed by atoms with Gasteiger partial charge in [0, 0.05) is 11.3 Å². The van der Waals surface area contributed by atoms with Gasteiger partial charge in [0.1, 0.15) is 16.9 Å². The number of ketones is 1. The Morgan fingerprint density at radius 3 is 2.13 bits per heavy atom. The van der Waals surface area contributed by atoms with Crippen molar-refractivity contribution in [3.05, 3.63) is 75.8 Å². The van der Waals surface area contributed by atoms with Crippen LogP contribution in [0, 0.1) is 15.5 Å². The maximum atomic E-state index is 13.0. The fourth-order valence-electron chi connectivity index (χ4n) is 5.49. The zero-order valence-corrected chi connectivity index (χ0v) is 17.6. The number of nitrogens with zero attached hydrogens (tertiary/aromatic N) is 1. The van der Waals surface area contributed by atoms with Gasteiger partial charge in [-0.1, -0.05) is 49.4 Å². The molecule has 1 aliphatic rings. The van der Waals surface area contributed by atoms with E-state index in [0.29, 0.717) is 11.3 Å². The molecule has 0 spiro atoms. The molecule has 2 N–H and O–H groups in total. The van der Waals surface area contributed by atoms with E-state index < -0.39 is 45.6 Å². The fourth-order valence-corrected chi connectivity index (χ4v) is 5.49. The largest absolute Gasteiger partial charge is 0.497 e. The minimum Gasteiger partial charge on any atom is -0.497 e. The van der Waals surface area contributed by atoms with Gasteiger partial charge in [-0.3, -0.25) is 19.7 Å². The molecule has 0 amide bonds. The molecule has 2 aromatic carbocycles. The number of aliphatic hydroxyl groups is 1. The molecule has 31 heavy (non-hydrogen) atoms. The highest BCUT2D eigenvalue weighted by Gasteiger charge is 2.80. The quantitative estimate of drug-likeness (QED) is 0.395. The number of methoxy groups -OCH3 is 1. The number of rotatable bonds is 7. The van der Waals surface area contributed by atoms with Gasteiger partial charge >= 0.3 is 5.97 Å². The summed E-state index contributed by atoms with van der Waals surface area (Å²) in [6.45, 7) is 2.73. The molecule has 2 aromatic rings. The van der Waals surface area contributed by atoms with Crippen LogP contribution >= 0.6 is 0 Å². The van der Waals surface area contributed by atoms with Gasteiger partial charge in [-0.2, -0.15) is 0 Å². The Morgan fingerprint density at radius 2 is 1.71 bits per heavy atom. The molecule has 0 saturated heterocycles. The van der Waals surface area contributed by atoms with Gasteiger partial charge in [-0.05, 0) is 36.6 Å². The van der Waals surface area contributed by atoms with E-state index in [1.807, 2.05) is 0 Å². The summed E-state index contributed by atoms with van der Waals surface area (Å²) >= 11 is 0. The molecule has 0 heterocycles. The Morgan fingerprint density at radius 1 is 1.13 bits per heavy atom. The van der Waals surface area contributed by atoms with Gasteiger partial charge < -0.3 is 14.9 Å². The first kappa shape index (κ1) is 22.4. The molecule has 1 aliphatic carbocycles. The maximum absolute atomic E-state index is 13.0. The SMILES string of the molecule is CC[C@]1(c2ccc(OC)cc2)[C@H]([N+](=O)[O-])[C@@](O)(c2ccccc2)C[C@@]1(C(C)=O)C(=O)O. The van der Waals surface area contributed by atoms with Crippen molar-refractivity contribution in [3.8, 4) is 5.75 Å². The summed E-state index contributed by atoms with van der Waals surface area (Å²) in [6.07, 6.45) is -0.661. The Bertz CT molecular complexity index is 990. The number of carboxylic acid groups (broad SMARTS) is 1. The van der Waals surface area contributed by atoms with Crippen molar-refractivity contribution in [1.29, 1.82) is 0 Å². The van der Waals surface area contributed by atoms with Gasteiger partial charge in [-0.15, -0.1) is 0 Å². The average Bonchev–Trinajstić information content (AvgIpc) is 3.03. The van der Waals surface area contributed by atoms with Crippen molar-refractivity contribution in [1.82, 2.24) is 0 Å². The van der Waals surface area contributed by atoms with E-state index in [0.717, 1.165) is 6.92 Å². The Labute approximate surface area is 179 Å². The van der Waals surface area contributed by atoms with Crippen molar-refractivity contribution in [2.75, 3.05) is 7.11 Å². The smallest absolute Gasteiger partial charge is 0.318 e. The number of benzene rings is 2. The molecular formula is C23H25NO7. The van der Waals surface area contributed by atoms with Crippen LogP contribution in [-0.2, 0) is 20.6 Å². The second-order valence-corrected chi connectivity index (χ2v) is 7.98. The second kappa shape index (κ2) is 7.77. The number of carbonyl (C=O) groups excluding carboxylic acids is 1. The highest BCUT2D eigenvalue weighted by atomic mass is 16.6. The third-order valence-electron chi connectivity index (χ3n) is 6.83. The molecule has 8 nitrogen and oxygen atoms in total. The fraction of sp³-hybridized carbons (Fsp3) is 0.391. The zero-order chi connectivity index (χ0) is 23.0. The first-order chi connectivity index (χ1) is 14.6. The average molecular weight is 427 g/mol. The predicted molar refractivity (Wildman–Crippen MR) is 111 cm³/mol. The van der Waals surface area contributed by atoms with Crippen molar-refractivity contribution in [3.63, 3.8) is 0 Å². The molecule has 0 aromatic heterocycles. The standard InChI is InChI=1S/C23H25NO7/c1-4-21(16-10-12-18(31-3)13-11-16)19(24(29)30)23(28,17-8-6-5-7-9-17)14-22(21,15(2)25)20(26)27/h5-13,19,28H,4,14H2,1-3H3,(H,26,27)/t19-,21-,22+,23-/m0/s1. The number of Topliss-reactive ketones (excluding diaryl/α,β-unsaturated/α-hetero) is 1. The second-order valence-electron chi connectivity index (χ2n) is 7.98. The number of carbonyl (C=O) groups is 2. The molecule has 4 atom stereocenters. The van der Waals surface area contributed by atoms with Gasteiger partial charge in [0.2, 0.25) is 0 Å².